The zero-order valence-corrected chi connectivity index (χ0v) is 66.1. The summed E-state index contributed by atoms with van der Waals surface area (Å²) in [5, 5.41) is 73.7. The van der Waals surface area contributed by atoms with Gasteiger partial charge in [-0.3, -0.25) is 29.7 Å². The monoisotopic (exact) mass is 1550 g/mol. The number of carbonyl (C=O) groups is 3. The van der Waals surface area contributed by atoms with E-state index >= 15 is 0 Å². The molecule has 3 atom stereocenters. The molecular weight excluding hydrogens is 1470 g/mol. The van der Waals surface area contributed by atoms with Gasteiger partial charge in [0.15, 0.2) is 0 Å². The summed E-state index contributed by atoms with van der Waals surface area (Å²) >= 11 is 0. The SMILES string of the molecule is CC.CC1=C(C(=O)Nc2ccc3[nH]nc(-c4cc(N5CC6(CN(C)C6)C5)ncn4)c3c2)[C@@H](C)n2nnnc2N1C.CC1=C(C(=O)Nc2ccc3[nH]nc(-c4cc(N5CC6(CN(C)C6)C5)ncn4)c3c2)[C@H](C)n2nnnc2N1C.CC1=C(C(=O)Nc2ccc3[nH]nc(-c4cc(N5CC6(CNC6)C5)ncn4)c3c2)[C@@H](C)n2nnnc2N1C. The number of anilines is 9. The predicted molar refractivity (Wildman–Crippen MR) is 431 cm³/mol. The van der Waals surface area contributed by atoms with Gasteiger partial charge in [0.2, 0.25) is 17.8 Å². The molecular formula is C76H88N36O3. The van der Waals surface area contributed by atoms with Crippen molar-refractivity contribution in [3.05, 3.63) is 126 Å². The molecule has 12 aromatic rings. The number of tetrazole rings is 3. The highest BCUT2D eigenvalue weighted by Gasteiger charge is 2.53. The molecule has 3 amide bonds. The predicted octanol–water partition coefficient (Wildman–Crippen LogP) is 5.73. The van der Waals surface area contributed by atoms with Gasteiger partial charge in [-0.1, -0.05) is 29.1 Å². The number of benzene rings is 3. The van der Waals surface area contributed by atoms with Crippen molar-refractivity contribution in [2.24, 2.45) is 16.2 Å². The van der Waals surface area contributed by atoms with Gasteiger partial charge in [-0.05, 0) is 142 Å². The largest absolute Gasteiger partial charge is 0.355 e. The number of likely N-dealkylation sites (tertiary alicyclic amines) is 2. The van der Waals surface area contributed by atoms with E-state index < -0.39 is 0 Å². The number of hydrogen-bond donors (Lipinski definition) is 7. The molecule has 3 aromatic carbocycles. The number of amides is 3. The molecule has 6 saturated heterocycles. The first-order chi connectivity index (χ1) is 55.6. The lowest BCUT2D eigenvalue weighted by Crippen LogP contribution is -2.71. The van der Waals surface area contributed by atoms with E-state index in [1.54, 1.807) is 33.0 Å². The molecule has 0 radical (unpaired) electrons. The molecule has 7 N–H and O–H groups in total. The second kappa shape index (κ2) is 28.2. The fraction of sp³-hybridized carbons (Fsp3) is 0.408. The van der Waals surface area contributed by atoms with E-state index in [9.17, 15) is 14.4 Å². The van der Waals surface area contributed by atoms with E-state index in [1.165, 1.54) is 0 Å². The Morgan fingerprint density at radius 3 is 0.974 bits per heavy atom. The molecule has 6 fully saturated rings. The maximum Gasteiger partial charge on any atom is 0.255 e. The molecule has 3 spiro atoms. The Bertz CT molecular complexity index is 5680. The minimum atomic E-state index is -0.301. The van der Waals surface area contributed by atoms with Crippen LogP contribution in [0.25, 0.3) is 66.9 Å². The minimum absolute atomic E-state index is 0.204. The number of nitrogens with one attached hydrogen (secondary N) is 7. The van der Waals surface area contributed by atoms with Crippen molar-refractivity contribution in [1.29, 1.82) is 0 Å². The van der Waals surface area contributed by atoms with Crippen LogP contribution >= 0.6 is 0 Å². The Balaban J connectivity index is 0.000000118. The van der Waals surface area contributed by atoms with E-state index in [2.05, 4.69) is 167 Å². The molecule has 9 aliphatic heterocycles. The van der Waals surface area contributed by atoms with Crippen molar-refractivity contribution in [3.63, 3.8) is 0 Å². The molecule has 0 unspecified atom stereocenters. The molecule has 39 nitrogen and oxygen atoms in total. The summed E-state index contributed by atoms with van der Waals surface area (Å²) in [6, 6.07) is 22.1. The molecule has 21 rings (SSSR count). The smallest absolute Gasteiger partial charge is 0.255 e. The number of H-pyrrole nitrogens is 3. The van der Waals surface area contributed by atoms with Gasteiger partial charge in [0.05, 0.1) is 68.5 Å². The van der Waals surface area contributed by atoms with Crippen LogP contribution in [0.3, 0.4) is 0 Å². The Hall–Kier alpha value is -13.2. The standard InChI is InChI=1S/2C25H28N12O.C24H26N12O.C2H6/c2*1-14-21(15(2)37-24(35(14)4)31-32-33-37)23(38)28-16-5-6-18-17(7-16)22(30-29-18)19-8-20(27-13-26-19)36-11-25(12-36)9-34(3)10-25;1-13-20(14(2)36-23(34(13)3)31-32-33-36)22(37)28-15-4-5-17-16(6-15)21(30-29-17)18-7-19(27-12-26-18)35-10-24(11-35)8-25-9-24;1-2/h2*5-8,13,15H,9-12H2,1-4H3,(H,28,38)(H,29,30);4-7,12,14,25H,8-11H2,1-3H3,(H,28,37)(H,29,30);1-2H3/t2*15-;14-;/m101./s1. The van der Waals surface area contributed by atoms with Crippen molar-refractivity contribution in [3.8, 4) is 34.2 Å². The van der Waals surface area contributed by atoms with Gasteiger partial charge >= 0.3 is 0 Å². The summed E-state index contributed by atoms with van der Waals surface area (Å²) in [6.07, 6.45) is 4.78. The van der Waals surface area contributed by atoms with E-state index in [1.807, 2.05) is 164 Å². The summed E-state index contributed by atoms with van der Waals surface area (Å²) in [6.45, 7) is 28.2. The normalized spacial score (nSPS) is 20.1. The third-order valence-corrected chi connectivity index (χ3v) is 23.8. The third kappa shape index (κ3) is 12.7. The molecule has 115 heavy (non-hydrogen) atoms. The lowest BCUT2D eigenvalue weighted by Gasteiger charge is -2.59. The average Bonchev–Trinajstić information content (AvgIpc) is 1.61. The van der Waals surface area contributed by atoms with Gasteiger partial charge in [0.25, 0.3) is 17.7 Å². The van der Waals surface area contributed by atoms with E-state index in [0.717, 1.165) is 180 Å². The molecule has 0 saturated carbocycles. The van der Waals surface area contributed by atoms with Gasteiger partial charge in [-0.2, -0.15) is 15.3 Å². The van der Waals surface area contributed by atoms with Crippen molar-refractivity contribution in [2.45, 2.75) is 73.5 Å². The van der Waals surface area contributed by atoms with Gasteiger partial charge < -0.3 is 60.5 Å². The van der Waals surface area contributed by atoms with Crippen molar-refractivity contribution >= 4 is 103 Å². The van der Waals surface area contributed by atoms with Gasteiger partial charge in [0.1, 0.15) is 53.5 Å². The summed E-state index contributed by atoms with van der Waals surface area (Å²) in [7, 11) is 9.86. The summed E-state index contributed by atoms with van der Waals surface area (Å²) in [4.78, 5) is 84.3. The first kappa shape index (κ1) is 73.3. The number of aromatic amines is 3. The number of rotatable bonds is 12. The first-order valence-electron chi connectivity index (χ1n) is 38.4. The van der Waals surface area contributed by atoms with Gasteiger partial charge in [-0.25, -0.2) is 43.9 Å². The third-order valence-electron chi connectivity index (χ3n) is 23.8. The highest BCUT2D eigenvalue weighted by Crippen LogP contribution is 2.45. The summed E-state index contributed by atoms with van der Waals surface area (Å²) in [5.41, 5.74) is 14.4. The van der Waals surface area contributed by atoms with Crippen molar-refractivity contribution in [1.82, 2.24) is 136 Å². The fourth-order valence-electron chi connectivity index (χ4n) is 17.8. The highest BCUT2D eigenvalue weighted by atomic mass is 16.2. The molecule has 9 aliphatic rings. The maximum atomic E-state index is 13.4. The lowest BCUT2D eigenvalue weighted by molar-refractivity contribution is -0.114. The van der Waals surface area contributed by atoms with Crippen molar-refractivity contribution in [2.75, 3.05) is 159 Å². The minimum Gasteiger partial charge on any atom is -0.355 e. The quantitative estimate of drug-likeness (QED) is 0.0767. The highest BCUT2D eigenvalue weighted by molar-refractivity contribution is 6.09. The molecule has 590 valence electrons. The van der Waals surface area contributed by atoms with E-state index in [0.29, 0.717) is 67.9 Å². The summed E-state index contributed by atoms with van der Waals surface area (Å²) in [5.74, 6) is 3.93. The average molecular weight is 1550 g/mol. The zero-order valence-electron chi connectivity index (χ0n) is 66.1. The number of carbonyl (C=O) groups excluding carboxylic acids is 3. The molecule has 9 aromatic heterocycles. The molecule has 39 heteroatoms. The molecule has 0 aliphatic carbocycles. The number of allylic oxidation sites excluding steroid dienone is 3. The van der Waals surface area contributed by atoms with Crippen LogP contribution in [0, 0.1) is 16.2 Å². The maximum absolute atomic E-state index is 13.4. The second-order valence-corrected chi connectivity index (χ2v) is 31.6. The van der Waals surface area contributed by atoms with Crippen LogP contribution in [0.2, 0.25) is 0 Å². The number of aromatic nitrogens is 24. The Morgan fingerprint density at radius 2 is 0.696 bits per heavy atom. The van der Waals surface area contributed by atoms with E-state index in [4.69, 9.17) is 0 Å². The van der Waals surface area contributed by atoms with Crippen LogP contribution in [-0.2, 0) is 14.4 Å². The number of fused-ring (bicyclic) bond motifs is 6. The van der Waals surface area contributed by atoms with Crippen LogP contribution in [0.5, 0.6) is 0 Å². The molecule has 0 bridgehead atoms. The van der Waals surface area contributed by atoms with Crippen LogP contribution in [-0.4, -0.2) is 262 Å². The zero-order chi connectivity index (χ0) is 79.7. The van der Waals surface area contributed by atoms with Gasteiger partial charge in [0, 0.05) is 184 Å². The first-order valence-corrected chi connectivity index (χ1v) is 38.4. The number of hydrogen-bond acceptors (Lipinski definition) is 30. The van der Waals surface area contributed by atoms with Gasteiger partial charge in [-0.15, -0.1) is 0 Å². The summed E-state index contributed by atoms with van der Waals surface area (Å²) < 4.78 is 4.94. The van der Waals surface area contributed by atoms with Crippen LogP contribution in [0.15, 0.2) is 126 Å². The molecule has 18 heterocycles. The van der Waals surface area contributed by atoms with Crippen LogP contribution in [0.1, 0.15) is 73.5 Å². The van der Waals surface area contributed by atoms with Crippen LogP contribution < -0.4 is 50.7 Å². The van der Waals surface area contributed by atoms with Crippen molar-refractivity contribution < 1.29 is 14.4 Å². The van der Waals surface area contributed by atoms with Crippen LogP contribution in [0.4, 0.5) is 52.4 Å². The number of nitrogens with zero attached hydrogens (tertiary/aromatic N) is 29. The Morgan fingerprint density at radius 1 is 0.400 bits per heavy atom. The topological polar surface area (TPSA) is 419 Å². The van der Waals surface area contributed by atoms with E-state index in [-0.39, 0.29) is 35.8 Å². The Kier molecular flexibility index (Phi) is 18.0. The lowest BCUT2D eigenvalue weighted by atomic mass is 9.73. The Labute approximate surface area is 659 Å². The fourth-order valence-corrected chi connectivity index (χ4v) is 17.8. The second-order valence-electron chi connectivity index (χ2n) is 31.6.